The third-order valence-corrected chi connectivity index (χ3v) is 3.73. The van der Waals surface area contributed by atoms with Crippen molar-refractivity contribution in [2.75, 3.05) is 0 Å². The van der Waals surface area contributed by atoms with E-state index in [4.69, 9.17) is 10.3 Å². The first-order valence-corrected chi connectivity index (χ1v) is 6.23. The molecule has 1 unspecified atom stereocenters. The summed E-state index contributed by atoms with van der Waals surface area (Å²) < 4.78 is 5.73. The summed E-state index contributed by atoms with van der Waals surface area (Å²) in [4.78, 5) is 1.21. The van der Waals surface area contributed by atoms with E-state index < -0.39 is 0 Å². The normalized spacial score (nSPS) is 12.9. The van der Waals surface area contributed by atoms with Gasteiger partial charge in [-0.15, -0.1) is 11.3 Å². The molecule has 0 radical (unpaired) electrons. The Morgan fingerprint density at radius 2 is 2.25 bits per heavy atom. The Balaban J connectivity index is 2.32. The minimum atomic E-state index is -0.0414. The maximum Gasteiger partial charge on any atom is 0.127 e. The van der Waals surface area contributed by atoms with Crippen LogP contribution in [0.3, 0.4) is 0 Å². The standard InChI is InChI=1S/C12H16N2OS/c1-3-9-4-5-10(15-9)11(14-13)12-8(2)6-7-16-12/h4-7,11,14H,3,13H2,1-2H3. The van der Waals surface area contributed by atoms with Gasteiger partial charge in [-0.3, -0.25) is 5.84 Å². The zero-order valence-corrected chi connectivity index (χ0v) is 10.3. The van der Waals surface area contributed by atoms with Crippen LogP contribution in [0.15, 0.2) is 28.0 Å². The lowest BCUT2D eigenvalue weighted by molar-refractivity contribution is 0.427. The van der Waals surface area contributed by atoms with Gasteiger partial charge in [0.25, 0.3) is 0 Å². The fourth-order valence-electron chi connectivity index (χ4n) is 1.71. The second-order valence-corrected chi connectivity index (χ2v) is 4.67. The molecule has 2 aromatic rings. The molecule has 2 aromatic heterocycles. The van der Waals surface area contributed by atoms with Crippen LogP contribution in [0, 0.1) is 6.92 Å². The number of hydrazine groups is 1. The summed E-state index contributed by atoms with van der Waals surface area (Å²) in [6.45, 7) is 4.16. The molecule has 0 saturated carbocycles. The molecule has 0 spiro atoms. The summed E-state index contributed by atoms with van der Waals surface area (Å²) >= 11 is 1.69. The van der Waals surface area contributed by atoms with Gasteiger partial charge in [0.1, 0.15) is 17.6 Å². The molecule has 2 rings (SSSR count). The Morgan fingerprint density at radius 3 is 2.75 bits per heavy atom. The van der Waals surface area contributed by atoms with E-state index in [9.17, 15) is 0 Å². The quantitative estimate of drug-likeness (QED) is 0.634. The number of nitrogens with one attached hydrogen (secondary N) is 1. The maximum absolute atomic E-state index is 5.73. The Bertz CT molecular complexity index is 461. The number of rotatable bonds is 4. The van der Waals surface area contributed by atoms with Crippen LogP contribution in [0.5, 0.6) is 0 Å². The van der Waals surface area contributed by atoms with E-state index in [0.29, 0.717) is 0 Å². The third kappa shape index (κ3) is 2.04. The van der Waals surface area contributed by atoms with Crippen LogP contribution in [-0.2, 0) is 6.42 Å². The van der Waals surface area contributed by atoms with Crippen LogP contribution in [0.4, 0.5) is 0 Å². The van der Waals surface area contributed by atoms with Gasteiger partial charge >= 0.3 is 0 Å². The molecule has 0 saturated heterocycles. The van der Waals surface area contributed by atoms with Gasteiger partial charge in [0.2, 0.25) is 0 Å². The monoisotopic (exact) mass is 236 g/mol. The van der Waals surface area contributed by atoms with Crippen LogP contribution in [0.2, 0.25) is 0 Å². The van der Waals surface area contributed by atoms with Gasteiger partial charge in [-0.2, -0.15) is 0 Å². The van der Waals surface area contributed by atoms with Crippen LogP contribution in [0.1, 0.15) is 34.9 Å². The Hall–Kier alpha value is -1.10. The first kappa shape index (κ1) is 11.4. The van der Waals surface area contributed by atoms with Crippen molar-refractivity contribution in [2.24, 2.45) is 5.84 Å². The van der Waals surface area contributed by atoms with Crippen molar-refractivity contribution in [1.82, 2.24) is 5.43 Å². The van der Waals surface area contributed by atoms with E-state index in [-0.39, 0.29) is 6.04 Å². The molecule has 0 aliphatic rings. The van der Waals surface area contributed by atoms with E-state index in [1.165, 1.54) is 10.4 Å². The smallest absolute Gasteiger partial charge is 0.127 e. The average Bonchev–Trinajstić information content (AvgIpc) is 2.90. The summed E-state index contributed by atoms with van der Waals surface area (Å²) in [6, 6.07) is 6.04. The lowest BCUT2D eigenvalue weighted by Gasteiger charge is -2.12. The van der Waals surface area contributed by atoms with Gasteiger partial charge in [0, 0.05) is 11.3 Å². The third-order valence-electron chi connectivity index (χ3n) is 2.65. The maximum atomic E-state index is 5.73. The second kappa shape index (κ2) is 4.82. The Morgan fingerprint density at radius 1 is 1.44 bits per heavy atom. The number of aryl methyl sites for hydroxylation is 2. The summed E-state index contributed by atoms with van der Waals surface area (Å²) in [5.74, 6) is 7.48. The first-order chi connectivity index (χ1) is 7.76. The molecule has 16 heavy (non-hydrogen) atoms. The largest absolute Gasteiger partial charge is 0.464 e. The summed E-state index contributed by atoms with van der Waals surface area (Å²) in [6.07, 6.45) is 0.903. The van der Waals surface area contributed by atoms with Crippen molar-refractivity contribution in [1.29, 1.82) is 0 Å². The molecule has 0 aliphatic carbocycles. The van der Waals surface area contributed by atoms with Crippen LogP contribution >= 0.6 is 11.3 Å². The van der Waals surface area contributed by atoms with E-state index >= 15 is 0 Å². The summed E-state index contributed by atoms with van der Waals surface area (Å²) in [5.41, 5.74) is 4.05. The molecular weight excluding hydrogens is 220 g/mol. The molecule has 0 amide bonds. The van der Waals surface area contributed by atoms with E-state index in [2.05, 4.69) is 30.7 Å². The number of furan rings is 1. The van der Waals surface area contributed by atoms with E-state index in [1.807, 2.05) is 12.1 Å². The minimum Gasteiger partial charge on any atom is -0.464 e. The lowest BCUT2D eigenvalue weighted by Crippen LogP contribution is -2.28. The highest BCUT2D eigenvalue weighted by molar-refractivity contribution is 7.10. The molecule has 3 nitrogen and oxygen atoms in total. The lowest BCUT2D eigenvalue weighted by atomic mass is 10.1. The zero-order chi connectivity index (χ0) is 11.5. The van der Waals surface area contributed by atoms with Gasteiger partial charge in [-0.25, -0.2) is 5.43 Å². The highest BCUT2D eigenvalue weighted by Crippen LogP contribution is 2.29. The molecule has 0 bridgehead atoms. The molecule has 0 aliphatic heterocycles. The van der Waals surface area contributed by atoms with Crippen molar-refractivity contribution in [2.45, 2.75) is 26.3 Å². The minimum absolute atomic E-state index is 0.0414. The van der Waals surface area contributed by atoms with Crippen molar-refractivity contribution in [3.05, 3.63) is 45.5 Å². The molecule has 0 fully saturated rings. The van der Waals surface area contributed by atoms with E-state index in [0.717, 1.165) is 17.9 Å². The first-order valence-electron chi connectivity index (χ1n) is 5.35. The number of hydrogen-bond donors (Lipinski definition) is 2. The number of thiophene rings is 1. The molecular formula is C12H16N2OS. The fourth-order valence-corrected chi connectivity index (χ4v) is 2.70. The van der Waals surface area contributed by atoms with Crippen LogP contribution < -0.4 is 11.3 Å². The van der Waals surface area contributed by atoms with Gasteiger partial charge < -0.3 is 4.42 Å². The highest BCUT2D eigenvalue weighted by atomic mass is 32.1. The summed E-state index contributed by atoms with van der Waals surface area (Å²) in [5, 5.41) is 2.07. The van der Waals surface area contributed by atoms with Gasteiger partial charge in [-0.1, -0.05) is 6.92 Å². The number of nitrogens with two attached hydrogens (primary N) is 1. The summed E-state index contributed by atoms with van der Waals surface area (Å²) in [7, 11) is 0. The predicted molar refractivity (Wildman–Crippen MR) is 66.3 cm³/mol. The highest BCUT2D eigenvalue weighted by Gasteiger charge is 2.19. The van der Waals surface area contributed by atoms with Gasteiger partial charge in [-0.05, 0) is 36.1 Å². The Labute approximate surface area is 99.2 Å². The van der Waals surface area contributed by atoms with Crippen molar-refractivity contribution in [3.8, 4) is 0 Å². The average molecular weight is 236 g/mol. The fraction of sp³-hybridized carbons (Fsp3) is 0.333. The van der Waals surface area contributed by atoms with Gasteiger partial charge in [0.15, 0.2) is 0 Å². The van der Waals surface area contributed by atoms with Crippen molar-refractivity contribution < 1.29 is 4.42 Å². The molecule has 2 heterocycles. The molecule has 3 N–H and O–H groups in total. The molecule has 0 aromatic carbocycles. The SMILES string of the molecule is CCc1ccc(C(NN)c2sccc2C)o1. The van der Waals surface area contributed by atoms with E-state index in [1.54, 1.807) is 11.3 Å². The van der Waals surface area contributed by atoms with Crippen LogP contribution in [0.25, 0.3) is 0 Å². The topological polar surface area (TPSA) is 51.2 Å². The van der Waals surface area contributed by atoms with Gasteiger partial charge in [0.05, 0.1) is 0 Å². The van der Waals surface area contributed by atoms with Crippen molar-refractivity contribution in [3.63, 3.8) is 0 Å². The zero-order valence-electron chi connectivity index (χ0n) is 9.49. The number of hydrogen-bond acceptors (Lipinski definition) is 4. The molecule has 86 valence electrons. The molecule has 1 atom stereocenters. The molecule has 4 heteroatoms. The Kier molecular flexibility index (Phi) is 3.43. The van der Waals surface area contributed by atoms with Crippen molar-refractivity contribution >= 4 is 11.3 Å². The second-order valence-electron chi connectivity index (χ2n) is 3.73. The van der Waals surface area contributed by atoms with Crippen LogP contribution in [-0.4, -0.2) is 0 Å². The predicted octanol–water partition coefficient (Wildman–Crippen LogP) is 2.76.